The van der Waals surface area contributed by atoms with Gasteiger partial charge in [-0.25, -0.2) is 4.98 Å². The van der Waals surface area contributed by atoms with Crippen molar-refractivity contribution >= 4 is 29.4 Å². The van der Waals surface area contributed by atoms with Gasteiger partial charge in [0.1, 0.15) is 6.54 Å². The van der Waals surface area contributed by atoms with Crippen LogP contribution in [0.3, 0.4) is 0 Å². The molecule has 1 saturated heterocycles. The summed E-state index contributed by atoms with van der Waals surface area (Å²) in [5.74, 6) is -0.167. The molecule has 3 aromatic carbocycles. The zero-order valence-corrected chi connectivity index (χ0v) is 23.7. The summed E-state index contributed by atoms with van der Waals surface area (Å²) >= 11 is 6.10. The van der Waals surface area contributed by atoms with Crippen LogP contribution in [-0.4, -0.2) is 52.1 Å². The van der Waals surface area contributed by atoms with Gasteiger partial charge in [0.05, 0.1) is 11.8 Å². The molecule has 1 atom stereocenters. The number of halogens is 1. The molecule has 0 saturated carbocycles. The van der Waals surface area contributed by atoms with Gasteiger partial charge in [0, 0.05) is 41.2 Å². The molecule has 0 bridgehead atoms. The van der Waals surface area contributed by atoms with E-state index >= 15 is 0 Å². The summed E-state index contributed by atoms with van der Waals surface area (Å²) in [5.41, 5.74) is 6.34. The molecule has 0 spiro atoms. The lowest BCUT2D eigenvalue weighted by molar-refractivity contribution is -0.117. The van der Waals surface area contributed by atoms with E-state index in [2.05, 4.69) is 18.3 Å². The first-order chi connectivity index (χ1) is 19.3. The summed E-state index contributed by atoms with van der Waals surface area (Å²) in [6, 6.07) is 20.9. The predicted octanol–water partition coefficient (Wildman–Crippen LogP) is 6.38. The van der Waals surface area contributed by atoms with Gasteiger partial charge in [-0.15, -0.1) is 0 Å². The topological polar surface area (TPSA) is 76.5 Å². The van der Waals surface area contributed by atoms with Gasteiger partial charge >= 0.3 is 0 Å². The second kappa shape index (κ2) is 12.1. The van der Waals surface area contributed by atoms with Crippen molar-refractivity contribution in [2.45, 2.75) is 39.7 Å². The zero-order valence-electron chi connectivity index (χ0n) is 23.0. The smallest absolute Gasteiger partial charge is 0.254 e. The highest BCUT2D eigenvalue weighted by molar-refractivity contribution is 6.30. The molecule has 1 N–H and O–H groups in total. The molecule has 7 nitrogen and oxygen atoms in total. The van der Waals surface area contributed by atoms with Gasteiger partial charge in [0.2, 0.25) is 11.9 Å². The van der Waals surface area contributed by atoms with Crippen molar-refractivity contribution in [2.75, 3.05) is 25.0 Å². The standard InChI is InChI=1S/C32H33ClN4O3/c1-21-6-9-25(10-7-21)31(39)36(18-28-5-4-16-40-28)20-30(38)35-32-34-29(24-11-13-26(33)14-12-24)19-37(32)27-15-8-22(2)23(3)17-27/h6-15,17,19,28H,4-5,16,18,20H2,1-3H3,(H,34,35,38)/t28-/m0/s1. The van der Waals surface area contributed by atoms with Crippen LogP contribution < -0.4 is 5.32 Å². The first kappa shape index (κ1) is 27.6. The molecule has 206 valence electrons. The highest BCUT2D eigenvalue weighted by atomic mass is 35.5. The molecule has 40 heavy (non-hydrogen) atoms. The van der Waals surface area contributed by atoms with Crippen LogP contribution in [0.15, 0.2) is 72.9 Å². The monoisotopic (exact) mass is 556 g/mol. The van der Waals surface area contributed by atoms with Gasteiger partial charge in [0.25, 0.3) is 5.91 Å². The van der Waals surface area contributed by atoms with Crippen LogP contribution in [-0.2, 0) is 9.53 Å². The molecule has 1 fully saturated rings. The van der Waals surface area contributed by atoms with Gasteiger partial charge in [-0.05, 0) is 81.1 Å². The van der Waals surface area contributed by atoms with Gasteiger partial charge in [-0.2, -0.15) is 0 Å². The fraction of sp³-hybridized carbons (Fsp3) is 0.281. The zero-order chi connectivity index (χ0) is 28.2. The minimum absolute atomic E-state index is 0.0868. The average Bonchev–Trinajstić information content (AvgIpc) is 3.60. The normalized spacial score (nSPS) is 14.8. The van der Waals surface area contributed by atoms with Crippen molar-refractivity contribution in [3.8, 4) is 16.9 Å². The molecule has 0 unspecified atom stereocenters. The maximum absolute atomic E-state index is 13.5. The van der Waals surface area contributed by atoms with E-state index in [0.717, 1.165) is 35.2 Å². The van der Waals surface area contributed by atoms with Crippen molar-refractivity contribution in [1.82, 2.24) is 14.5 Å². The second-order valence-electron chi connectivity index (χ2n) is 10.3. The molecule has 1 aliphatic rings. The van der Waals surface area contributed by atoms with Crippen molar-refractivity contribution in [3.05, 3.63) is 100 Å². The Morgan fingerprint density at radius 3 is 2.45 bits per heavy atom. The number of benzene rings is 3. The maximum Gasteiger partial charge on any atom is 0.254 e. The van der Waals surface area contributed by atoms with Crippen LogP contribution in [0.4, 0.5) is 5.95 Å². The number of carbonyl (C=O) groups is 2. The molecule has 1 aliphatic heterocycles. The second-order valence-corrected chi connectivity index (χ2v) is 10.8. The Hall–Kier alpha value is -3.94. The predicted molar refractivity (Wildman–Crippen MR) is 158 cm³/mol. The molecule has 2 amide bonds. The third-order valence-electron chi connectivity index (χ3n) is 7.23. The lowest BCUT2D eigenvalue weighted by atomic mass is 10.1. The quantitative estimate of drug-likeness (QED) is 0.273. The van der Waals surface area contributed by atoms with E-state index in [4.69, 9.17) is 21.3 Å². The maximum atomic E-state index is 13.5. The van der Waals surface area contributed by atoms with E-state index in [-0.39, 0.29) is 24.5 Å². The number of hydrogen-bond acceptors (Lipinski definition) is 4. The minimum Gasteiger partial charge on any atom is -0.376 e. The van der Waals surface area contributed by atoms with Gasteiger partial charge < -0.3 is 9.64 Å². The number of aryl methyl sites for hydroxylation is 3. The van der Waals surface area contributed by atoms with E-state index in [9.17, 15) is 9.59 Å². The van der Waals surface area contributed by atoms with E-state index < -0.39 is 0 Å². The van der Waals surface area contributed by atoms with Gasteiger partial charge in [-0.1, -0.05) is 47.5 Å². The molecule has 2 heterocycles. The Labute approximate surface area is 239 Å². The van der Waals surface area contributed by atoms with Crippen molar-refractivity contribution in [3.63, 3.8) is 0 Å². The number of carbonyl (C=O) groups excluding carboxylic acids is 2. The first-order valence-corrected chi connectivity index (χ1v) is 13.8. The van der Waals surface area contributed by atoms with Crippen molar-refractivity contribution in [1.29, 1.82) is 0 Å². The highest BCUT2D eigenvalue weighted by Gasteiger charge is 2.26. The lowest BCUT2D eigenvalue weighted by Gasteiger charge is -2.25. The fourth-order valence-corrected chi connectivity index (χ4v) is 4.90. The van der Waals surface area contributed by atoms with Crippen LogP contribution in [0, 0.1) is 20.8 Å². The lowest BCUT2D eigenvalue weighted by Crippen LogP contribution is -2.42. The van der Waals surface area contributed by atoms with Gasteiger partial charge in [-0.3, -0.25) is 19.5 Å². The van der Waals surface area contributed by atoms with E-state index in [1.54, 1.807) is 17.0 Å². The summed E-state index contributed by atoms with van der Waals surface area (Å²) in [4.78, 5) is 33.3. The van der Waals surface area contributed by atoms with Crippen LogP contribution >= 0.6 is 11.6 Å². The Morgan fingerprint density at radius 2 is 1.77 bits per heavy atom. The number of nitrogens with one attached hydrogen (secondary N) is 1. The Bertz CT molecular complexity index is 1510. The molecule has 1 aromatic heterocycles. The van der Waals surface area contributed by atoms with Crippen LogP contribution in [0.1, 0.15) is 39.9 Å². The number of nitrogens with zero attached hydrogens (tertiary/aromatic N) is 3. The number of rotatable bonds is 8. The van der Waals surface area contributed by atoms with Crippen molar-refractivity contribution in [2.24, 2.45) is 0 Å². The SMILES string of the molecule is Cc1ccc(C(=O)N(CC(=O)Nc2nc(-c3ccc(Cl)cc3)cn2-c2ccc(C)c(C)c2)C[C@@H]2CCCO2)cc1. The third-order valence-corrected chi connectivity index (χ3v) is 7.49. The molecular weight excluding hydrogens is 524 g/mol. The summed E-state index contributed by atoms with van der Waals surface area (Å²) < 4.78 is 7.66. The third kappa shape index (κ3) is 6.43. The van der Waals surface area contributed by atoms with E-state index in [0.29, 0.717) is 35.4 Å². The molecule has 4 aromatic rings. The Balaban J connectivity index is 1.43. The first-order valence-electron chi connectivity index (χ1n) is 13.5. The number of amides is 2. The molecular formula is C32H33ClN4O3. The summed E-state index contributed by atoms with van der Waals surface area (Å²) in [5, 5.41) is 3.60. The largest absolute Gasteiger partial charge is 0.376 e. The summed E-state index contributed by atoms with van der Waals surface area (Å²) in [6.45, 7) is 6.98. The van der Waals surface area contributed by atoms with Crippen LogP contribution in [0.5, 0.6) is 0 Å². The minimum atomic E-state index is -0.336. The van der Waals surface area contributed by atoms with E-state index in [1.165, 1.54) is 5.56 Å². The van der Waals surface area contributed by atoms with Gasteiger partial charge in [0.15, 0.2) is 0 Å². The Kier molecular flexibility index (Phi) is 8.33. The summed E-state index contributed by atoms with van der Waals surface area (Å²) in [6.07, 6.45) is 3.62. The Morgan fingerprint density at radius 1 is 1.02 bits per heavy atom. The van der Waals surface area contributed by atoms with E-state index in [1.807, 2.05) is 73.1 Å². The van der Waals surface area contributed by atoms with Crippen LogP contribution in [0.25, 0.3) is 16.9 Å². The number of aromatic nitrogens is 2. The fourth-order valence-electron chi connectivity index (χ4n) is 4.77. The highest BCUT2D eigenvalue weighted by Crippen LogP contribution is 2.27. The van der Waals surface area contributed by atoms with Crippen molar-refractivity contribution < 1.29 is 14.3 Å². The molecule has 0 aliphatic carbocycles. The number of ether oxygens (including phenoxy) is 1. The summed E-state index contributed by atoms with van der Waals surface area (Å²) in [7, 11) is 0. The average molecular weight is 557 g/mol. The number of hydrogen-bond donors (Lipinski definition) is 1. The number of anilines is 1. The van der Waals surface area contributed by atoms with Crippen LogP contribution in [0.2, 0.25) is 5.02 Å². The molecule has 0 radical (unpaired) electrons. The molecule has 5 rings (SSSR count). The molecule has 8 heteroatoms. The number of imidazole rings is 1.